The number of halogens is 1. The SMILES string of the molecule is Cc1ccc(CC2CC(C(C)(C)C)CCC2O)c(Cl)c1. The minimum Gasteiger partial charge on any atom is -0.393 e. The van der Waals surface area contributed by atoms with Gasteiger partial charge in [-0.05, 0) is 67.1 Å². The fourth-order valence-corrected chi connectivity index (χ4v) is 3.67. The van der Waals surface area contributed by atoms with Crippen molar-refractivity contribution in [2.24, 2.45) is 17.3 Å². The molecule has 0 saturated heterocycles. The lowest BCUT2D eigenvalue weighted by molar-refractivity contribution is 0.0196. The largest absolute Gasteiger partial charge is 0.393 e. The number of aliphatic hydroxyl groups excluding tert-OH is 1. The first-order valence-corrected chi connectivity index (χ1v) is 8.08. The summed E-state index contributed by atoms with van der Waals surface area (Å²) in [5.41, 5.74) is 2.70. The molecule has 20 heavy (non-hydrogen) atoms. The number of rotatable bonds is 2. The molecule has 1 fully saturated rings. The summed E-state index contributed by atoms with van der Waals surface area (Å²) in [6.45, 7) is 8.99. The average Bonchev–Trinajstić information content (AvgIpc) is 2.33. The number of aliphatic hydroxyl groups is 1. The van der Waals surface area contributed by atoms with Gasteiger partial charge in [0.2, 0.25) is 0 Å². The van der Waals surface area contributed by atoms with Gasteiger partial charge in [0.15, 0.2) is 0 Å². The summed E-state index contributed by atoms with van der Waals surface area (Å²) in [6.07, 6.45) is 3.90. The third-order valence-electron chi connectivity index (χ3n) is 4.86. The van der Waals surface area contributed by atoms with E-state index in [1.807, 2.05) is 6.07 Å². The van der Waals surface area contributed by atoms with E-state index < -0.39 is 0 Å². The van der Waals surface area contributed by atoms with Gasteiger partial charge in [-0.1, -0.05) is 44.5 Å². The van der Waals surface area contributed by atoms with Crippen LogP contribution < -0.4 is 0 Å². The molecule has 1 saturated carbocycles. The van der Waals surface area contributed by atoms with Gasteiger partial charge in [0.1, 0.15) is 0 Å². The molecule has 0 spiro atoms. The second kappa shape index (κ2) is 6.07. The quantitative estimate of drug-likeness (QED) is 0.812. The standard InChI is InChI=1S/C18H27ClO/c1-12-5-6-13(16(19)9-12)10-14-11-15(18(2,3)4)7-8-17(14)20/h5-6,9,14-15,17,20H,7-8,10-11H2,1-4H3. The van der Waals surface area contributed by atoms with Crippen LogP contribution in [0.1, 0.15) is 51.2 Å². The van der Waals surface area contributed by atoms with Crippen molar-refractivity contribution in [3.05, 3.63) is 34.3 Å². The Hall–Kier alpha value is -0.530. The highest BCUT2D eigenvalue weighted by molar-refractivity contribution is 6.31. The van der Waals surface area contributed by atoms with E-state index in [9.17, 15) is 5.11 Å². The fourth-order valence-electron chi connectivity index (χ4n) is 3.35. The Kier molecular flexibility index (Phi) is 4.81. The van der Waals surface area contributed by atoms with Gasteiger partial charge in [-0.2, -0.15) is 0 Å². The summed E-state index contributed by atoms with van der Waals surface area (Å²) < 4.78 is 0. The van der Waals surface area contributed by atoms with Crippen LogP contribution in [-0.2, 0) is 6.42 Å². The van der Waals surface area contributed by atoms with Gasteiger partial charge in [-0.3, -0.25) is 0 Å². The minimum atomic E-state index is -0.175. The molecule has 2 heteroatoms. The molecule has 1 aliphatic carbocycles. The molecule has 0 heterocycles. The van der Waals surface area contributed by atoms with Crippen LogP contribution in [-0.4, -0.2) is 11.2 Å². The smallest absolute Gasteiger partial charge is 0.0571 e. The normalized spacial score (nSPS) is 27.6. The molecule has 0 bridgehead atoms. The van der Waals surface area contributed by atoms with E-state index in [0.717, 1.165) is 30.7 Å². The van der Waals surface area contributed by atoms with Crippen LogP contribution >= 0.6 is 11.6 Å². The molecule has 2 rings (SSSR count). The number of benzene rings is 1. The molecule has 0 aromatic heterocycles. The zero-order valence-electron chi connectivity index (χ0n) is 13.1. The van der Waals surface area contributed by atoms with Crippen molar-refractivity contribution < 1.29 is 5.11 Å². The summed E-state index contributed by atoms with van der Waals surface area (Å²) in [5, 5.41) is 11.2. The van der Waals surface area contributed by atoms with Gasteiger partial charge in [-0.25, -0.2) is 0 Å². The molecule has 3 unspecified atom stereocenters. The van der Waals surface area contributed by atoms with Gasteiger partial charge >= 0.3 is 0 Å². The van der Waals surface area contributed by atoms with E-state index in [1.165, 1.54) is 11.1 Å². The molecule has 0 amide bonds. The van der Waals surface area contributed by atoms with Crippen LogP contribution in [0.3, 0.4) is 0 Å². The average molecular weight is 295 g/mol. The van der Waals surface area contributed by atoms with Crippen molar-refractivity contribution in [1.29, 1.82) is 0 Å². The summed E-state index contributed by atoms with van der Waals surface area (Å²) in [5.74, 6) is 1.04. The number of aryl methyl sites for hydroxylation is 1. The Labute approximate surface area is 128 Å². The fraction of sp³-hybridized carbons (Fsp3) is 0.667. The van der Waals surface area contributed by atoms with Crippen molar-refractivity contribution in [1.82, 2.24) is 0 Å². The number of hydrogen-bond acceptors (Lipinski definition) is 1. The molecule has 1 aliphatic rings. The lowest BCUT2D eigenvalue weighted by Gasteiger charge is -2.40. The van der Waals surface area contributed by atoms with E-state index in [0.29, 0.717) is 17.3 Å². The third kappa shape index (κ3) is 3.77. The molecular formula is C18H27ClO. The Bertz CT molecular complexity index is 461. The molecule has 0 aliphatic heterocycles. The topological polar surface area (TPSA) is 20.2 Å². The van der Waals surface area contributed by atoms with Crippen LogP contribution in [0.15, 0.2) is 18.2 Å². The second-order valence-corrected chi connectivity index (χ2v) is 7.91. The molecule has 1 N–H and O–H groups in total. The summed E-state index contributed by atoms with van der Waals surface area (Å²) >= 11 is 6.34. The van der Waals surface area contributed by atoms with Crippen molar-refractivity contribution in [3.63, 3.8) is 0 Å². The van der Waals surface area contributed by atoms with E-state index in [1.54, 1.807) is 0 Å². The minimum absolute atomic E-state index is 0.175. The molecule has 112 valence electrons. The van der Waals surface area contributed by atoms with Crippen molar-refractivity contribution in [3.8, 4) is 0 Å². The van der Waals surface area contributed by atoms with Crippen molar-refractivity contribution in [2.45, 2.75) is 59.5 Å². The zero-order valence-corrected chi connectivity index (χ0v) is 13.9. The molecule has 0 radical (unpaired) electrons. The Balaban J connectivity index is 2.10. The second-order valence-electron chi connectivity index (χ2n) is 7.50. The third-order valence-corrected chi connectivity index (χ3v) is 5.21. The van der Waals surface area contributed by atoms with E-state index in [2.05, 4.69) is 39.8 Å². The van der Waals surface area contributed by atoms with Crippen LogP contribution in [0.25, 0.3) is 0 Å². The monoisotopic (exact) mass is 294 g/mol. The van der Waals surface area contributed by atoms with Gasteiger partial charge in [-0.15, -0.1) is 0 Å². The Morgan fingerprint density at radius 1 is 1.25 bits per heavy atom. The van der Waals surface area contributed by atoms with Gasteiger partial charge in [0, 0.05) is 5.02 Å². The molecule has 1 aromatic carbocycles. The Morgan fingerprint density at radius 2 is 1.95 bits per heavy atom. The van der Waals surface area contributed by atoms with Crippen LogP contribution in [0.4, 0.5) is 0 Å². The lowest BCUT2D eigenvalue weighted by Crippen LogP contribution is -2.35. The maximum atomic E-state index is 10.3. The van der Waals surface area contributed by atoms with Crippen LogP contribution in [0.5, 0.6) is 0 Å². The predicted octanol–water partition coefficient (Wildman–Crippen LogP) is 5.01. The highest BCUT2D eigenvalue weighted by Gasteiger charge is 2.35. The van der Waals surface area contributed by atoms with E-state index in [-0.39, 0.29) is 6.10 Å². The molecular weight excluding hydrogens is 268 g/mol. The van der Waals surface area contributed by atoms with E-state index in [4.69, 9.17) is 11.6 Å². The molecule has 3 atom stereocenters. The summed E-state index contributed by atoms with van der Waals surface area (Å²) in [7, 11) is 0. The van der Waals surface area contributed by atoms with Crippen LogP contribution in [0, 0.1) is 24.2 Å². The maximum absolute atomic E-state index is 10.3. The number of hydrogen-bond donors (Lipinski definition) is 1. The Morgan fingerprint density at radius 3 is 2.55 bits per heavy atom. The maximum Gasteiger partial charge on any atom is 0.0571 e. The van der Waals surface area contributed by atoms with Gasteiger partial charge in [0.05, 0.1) is 6.10 Å². The molecule has 1 nitrogen and oxygen atoms in total. The van der Waals surface area contributed by atoms with Crippen LogP contribution in [0.2, 0.25) is 5.02 Å². The highest BCUT2D eigenvalue weighted by Crippen LogP contribution is 2.41. The first-order chi connectivity index (χ1) is 9.27. The first-order valence-electron chi connectivity index (χ1n) is 7.70. The zero-order chi connectivity index (χ0) is 14.9. The summed E-state index contributed by atoms with van der Waals surface area (Å²) in [4.78, 5) is 0. The first kappa shape index (κ1) is 15.9. The van der Waals surface area contributed by atoms with Gasteiger partial charge < -0.3 is 5.11 Å². The van der Waals surface area contributed by atoms with Crippen molar-refractivity contribution >= 4 is 11.6 Å². The predicted molar refractivity (Wildman–Crippen MR) is 86.2 cm³/mol. The lowest BCUT2D eigenvalue weighted by atomic mass is 9.67. The molecule has 1 aromatic rings. The van der Waals surface area contributed by atoms with Gasteiger partial charge in [0.25, 0.3) is 0 Å². The summed E-state index contributed by atoms with van der Waals surface area (Å²) in [6, 6.07) is 6.25. The highest BCUT2D eigenvalue weighted by atomic mass is 35.5. The van der Waals surface area contributed by atoms with Crippen molar-refractivity contribution in [2.75, 3.05) is 0 Å². The van der Waals surface area contributed by atoms with E-state index >= 15 is 0 Å².